The summed E-state index contributed by atoms with van der Waals surface area (Å²) in [5.74, 6) is 0.704. The lowest BCUT2D eigenvalue weighted by Gasteiger charge is -2.16. The minimum absolute atomic E-state index is 0.202. The summed E-state index contributed by atoms with van der Waals surface area (Å²) in [6.45, 7) is 9.44. The van der Waals surface area contributed by atoms with Crippen molar-refractivity contribution in [3.63, 3.8) is 0 Å². The van der Waals surface area contributed by atoms with Crippen LogP contribution in [0.25, 0.3) is 0 Å². The molecule has 1 rings (SSSR count). The predicted molar refractivity (Wildman–Crippen MR) is 97.7 cm³/mol. The summed E-state index contributed by atoms with van der Waals surface area (Å²) >= 11 is 0. The van der Waals surface area contributed by atoms with E-state index in [1.807, 2.05) is 26.8 Å². The van der Waals surface area contributed by atoms with Gasteiger partial charge in [0.25, 0.3) is 0 Å². The quantitative estimate of drug-likeness (QED) is 0.495. The van der Waals surface area contributed by atoms with Crippen molar-refractivity contribution in [2.24, 2.45) is 0 Å². The van der Waals surface area contributed by atoms with Crippen LogP contribution in [0, 0.1) is 6.92 Å². The number of aliphatic hydroxyl groups is 1. The van der Waals surface area contributed by atoms with E-state index in [1.54, 1.807) is 12.1 Å². The Bertz CT molecular complexity index is 506. The first-order valence-corrected chi connectivity index (χ1v) is 8.62. The Kier molecular flexibility index (Phi) is 9.19. The van der Waals surface area contributed by atoms with E-state index >= 15 is 0 Å². The number of hydrogen-bond acceptors (Lipinski definition) is 4. The first-order chi connectivity index (χ1) is 11.4. The molecule has 0 fully saturated rings. The summed E-state index contributed by atoms with van der Waals surface area (Å²) in [6.07, 6.45) is 1.45. The van der Waals surface area contributed by atoms with Crippen molar-refractivity contribution < 1.29 is 14.6 Å². The smallest absolute Gasteiger partial charge is 0.319 e. The summed E-state index contributed by atoms with van der Waals surface area (Å²) in [5.41, 5.74) is 1.63. The van der Waals surface area contributed by atoms with E-state index in [1.165, 1.54) is 0 Å². The highest BCUT2D eigenvalue weighted by Gasteiger charge is 2.08. The Labute approximate surface area is 145 Å². The number of aliphatic hydroxyl groups excluding tert-OH is 1. The van der Waals surface area contributed by atoms with Crippen LogP contribution in [0.1, 0.15) is 39.2 Å². The first-order valence-electron chi connectivity index (χ1n) is 8.62. The number of nitrogens with one attached hydrogen (secondary N) is 3. The lowest BCUT2D eigenvalue weighted by atomic mass is 10.2. The minimum Gasteiger partial charge on any atom is -0.491 e. The van der Waals surface area contributed by atoms with Gasteiger partial charge < -0.3 is 25.8 Å². The van der Waals surface area contributed by atoms with Gasteiger partial charge in [0.1, 0.15) is 18.5 Å². The molecule has 1 aromatic carbocycles. The van der Waals surface area contributed by atoms with Gasteiger partial charge in [-0.25, -0.2) is 4.79 Å². The van der Waals surface area contributed by atoms with Crippen molar-refractivity contribution in [2.75, 3.05) is 25.0 Å². The number of aryl methyl sites for hydroxylation is 1. The van der Waals surface area contributed by atoms with Crippen molar-refractivity contribution in [1.29, 1.82) is 0 Å². The van der Waals surface area contributed by atoms with Gasteiger partial charge in [-0.2, -0.15) is 0 Å². The molecule has 0 aliphatic rings. The van der Waals surface area contributed by atoms with Crippen molar-refractivity contribution in [3.8, 4) is 5.75 Å². The van der Waals surface area contributed by atoms with E-state index in [2.05, 4.69) is 22.9 Å². The fraction of sp³-hybridized carbons (Fsp3) is 0.611. The fourth-order valence-electron chi connectivity index (χ4n) is 2.06. The van der Waals surface area contributed by atoms with Gasteiger partial charge >= 0.3 is 6.03 Å². The lowest BCUT2D eigenvalue weighted by Crippen LogP contribution is -2.35. The average Bonchev–Trinajstić information content (AvgIpc) is 2.52. The van der Waals surface area contributed by atoms with Gasteiger partial charge in [0, 0.05) is 24.8 Å². The molecule has 4 N–H and O–H groups in total. The average molecular weight is 337 g/mol. The Morgan fingerprint density at radius 2 is 2.08 bits per heavy atom. The van der Waals surface area contributed by atoms with Crippen LogP contribution in [-0.4, -0.2) is 43.0 Å². The van der Waals surface area contributed by atoms with Crippen LogP contribution >= 0.6 is 0 Å². The fourth-order valence-corrected chi connectivity index (χ4v) is 2.06. The van der Waals surface area contributed by atoms with Crippen LogP contribution in [0.3, 0.4) is 0 Å². The molecule has 1 atom stereocenters. The number of carbonyl (C=O) groups excluding carboxylic acids is 1. The van der Waals surface area contributed by atoms with Crippen LogP contribution in [-0.2, 0) is 0 Å². The maximum Gasteiger partial charge on any atom is 0.319 e. The molecule has 0 aliphatic heterocycles. The first kappa shape index (κ1) is 20.3. The third kappa shape index (κ3) is 8.17. The molecule has 2 amide bonds. The van der Waals surface area contributed by atoms with Gasteiger partial charge in [0.15, 0.2) is 0 Å². The maximum absolute atomic E-state index is 11.7. The van der Waals surface area contributed by atoms with Gasteiger partial charge in [-0.05, 0) is 37.1 Å². The van der Waals surface area contributed by atoms with Gasteiger partial charge in [-0.1, -0.05) is 27.2 Å². The number of hydrogen-bond donors (Lipinski definition) is 4. The maximum atomic E-state index is 11.7. The highest BCUT2D eigenvalue weighted by molar-refractivity contribution is 5.89. The Morgan fingerprint density at radius 3 is 2.71 bits per heavy atom. The zero-order valence-corrected chi connectivity index (χ0v) is 15.2. The molecule has 0 bridgehead atoms. The molecule has 0 aromatic heterocycles. The Hall–Kier alpha value is -1.79. The van der Waals surface area contributed by atoms with Crippen molar-refractivity contribution in [2.45, 2.75) is 52.7 Å². The number of amides is 2. The van der Waals surface area contributed by atoms with Gasteiger partial charge in [-0.3, -0.25) is 0 Å². The molecule has 0 heterocycles. The normalized spacial score (nSPS) is 12.1. The number of unbranched alkanes of at least 4 members (excludes halogenated alkanes) is 1. The third-order valence-corrected chi connectivity index (χ3v) is 3.44. The molecule has 0 saturated carbocycles. The van der Waals surface area contributed by atoms with Crippen molar-refractivity contribution in [3.05, 3.63) is 23.8 Å². The molecule has 0 aliphatic carbocycles. The zero-order chi connectivity index (χ0) is 17.9. The standard InChI is InChI=1S/C18H31N3O3/c1-5-6-9-19-18(23)21-15-7-8-17(14(4)10-15)24-12-16(22)11-20-13(2)3/h7-8,10,13,16,20,22H,5-6,9,11-12H2,1-4H3,(H2,19,21,23). The molecular weight excluding hydrogens is 306 g/mol. The minimum atomic E-state index is -0.561. The Morgan fingerprint density at radius 1 is 1.33 bits per heavy atom. The molecule has 1 unspecified atom stereocenters. The van der Waals surface area contributed by atoms with Crippen molar-refractivity contribution >= 4 is 11.7 Å². The lowest BCUT2D eigenvalue weighted by molar-refractivity contribution is 0.104. The second-order valence-corrected chi connectivity index (χ2v) is 6.24. The largest absolute Gasteiger partial charge is 0.491 e. The van der Waals surface area contributed by atoms with E-state index in [0.717, 1.165) is 24.1 Å². The van der Waals surface area contributed by atoms with Gasteiger partial charge in [-0.15, -0.1) is 0 Å². The second kappa shape index (κ2) is 10.9. The SMILES string of the molecule is CCCCNC(=O)Nc1ccc(OCC(O)CNC(C)C)c(C)c1. The molecule has 0 spiro atoms. The summed E-state index contributed by atoms with van der Waals surface area (Å²) in [4.78, 5) is 11.7. The summed E-state index contributed by atoms with van der Waals surface area (Å²) in [6, 6.07) is 5.58. The van der Waals surface area contributed by atoms with Gasteiger partial charge in [0.2, 0.25) is 0 Å². The highest BCUT2D eigenvalue weighted by atomic mass is 16.5. The topological polar surface area (TPSA) is 82.6 Å². The van der Waals surface area contributed by atoms with E-state index in [0.29, 0.717) is 24.9 Å². The van der Waals surface area contributed by atoms with Crippen LogP contribution in [0.2, 0.25) is 0 Å². The highest BCUT2D eigenvalue weighted by Crippen LogP contribution is 2.22. The summed E-state index contributed by atoms with van der Waals surface area (Å²) < 4.78 is 5.65. The molecule has 1 aromatic rings. The zero-order valence-electron chi connectivity index (χ0n) is 15.2. The molecule has 136 valence electrons. The molecule has 6 heteroatoms. The molecule has 0 radical (unpaired) electrons. The van der Waals surface area contributed by atoms with Crippen LogP contribution in [0.15, 0.2) is 18.2 Å². The third-order valence-electron chi connectivity index (χ3n) is 3.44. The van der Waals surface area contributed by atoms with E-state index in [9.17, 15) is 9.90 Å². The molecular formula is C18H31N3O3. The van der Waals surface area contributed by atoms with Crippen molar-refractivity contribution in [1.82, 2.24) is 10.6 Å². The number of urea groups is 1. The summed E-state index contributed by atoms with van der Waals surface area (Å²) in [7, 11) is 0. The monoisotopic (exact) mass is 337 g/mol. The van der Waals surface area contributed by atoms with Crippen LogP contribution in [0.4, 0.5) is 10.5 Å². The van der Waals surface area contributed by atoms with E-state index in [4.69, 9.17) is 4.74 Å². The number of benzene rings is 1. The predicted octanol–water partition coefficient (Wildman–Crippen LogP) is 2.65. The number of carbonyl (C=O) groups is 1. The van der Waals surface area contributed by atoms with E-state index in [-0.39, 0.29) is 12.6 Å². The Balaban J connectivity index is 2.45. The number of ether oxygens (including phenoxy) is 1. The molecule has 6 nitrogen and oxygen atoms in total. The van der Waals surface area contributed by atoms with E-state index < -0.39 is 6.10 Å². The molecule has 24 heavy (non-hydrogen) atoms. The second-order valence-electron chi connectivity index (χ2n) is 6.24. The summed E-state index contributed by atoms with van der Waals surface area (Å²) in [5, 5.41) is 18.6. The number of rotatable bonds is 10. The van der Waals surface area contributed by atoms with Gasteiger partial charge in [0.05, 0.1) is 0 Å². The number of anilines is 1. The molecule has 0 saturated heterocycles. The van der Waals surface area contributed by atoms with Crippen LogP contribution < -0.4 is 20.7 Å². The van der Waals surface area contributed by atoms with Crippen LogP contribution in [0.5, 0.6) is 5.75 Å².